The van der Waals surface area contributed by atoms with Crippen LogP contribution in [0, 0.1) is 0 Å². The molecule has 1 N–H and O–H groups in total. The van der Waals surface area contributed by atoms with Crippen molar-refractivity contribution < 1.29 is 4.74 Å². The Balaban J connectivity index is 0.00000306. The monoisotopic (exact) mass is 521 g/mol. The van der Waals surface area contributed by atoms with Crippen LogP contribution in [0.25, 0.3) is 5.69 Å². The Morgan fingerprint density at radius 3 is 2.64 bits per heavy atom. The first-order chi connectivity index (χ1) is 15.7. The lowest BCUT2D eigenvalue weighted by atomic mass is 10.2. The van der Waals surface area contributed by atoms with E-state index in [1.54, 1.807) is 22.5 Å². The van der Waals surface area contributed by atoms with Crippen molar-refractivity contribution in [2.75, 3.05) is 12.3 Å². The molecule has 0 aliphatic heterocycles. The SMILES string of the molecule is Cl.Clc1ccc(COc2cccc(CNCCSc3nnnn3-c3ccccc3)c2)c(Cl)c1. The lowest BCUT2D eigenvalue weighted by molar-refractivity contribution is 0.306. The van der Waals surface area contributed by atoms with Crippen LogP contribution in [0.1, 0.15) is 11.1 Å². The number of hydrogen-bond acceptors (Lipinski definition) is 6. The maximum atomic E-state index is 6.22. The average Bonchev–Trinajstić information content (AvgIpc) is 3.28. The minimum atomic E-state index is 0. The average molecular weight is 523 g/mol. The van der Waals surface area contributed by atoms with Gasteiger partial charge in [-0.2, -0.15) is 4.68 Å². The molecule has 172 valence electrons. The summed E-state index contributed by atoms with van der Waals surface area (Å²) in [6, 6.07) is 23.3. The molecule has 0 unspecified atom stereocenters. The smallest absolute Gasteiger partial charge is 0.214 e. The van der Waals surface area contributed by atoms with Crippen molar-refractivity contribution in [1.82, 2.24) is 25.5 Å². The maximum Gasteiger partial charge on any atom is 0.214 e. The van der Waals surface area contributed by atoms with Crippen molar-refractivity contribution in [3.8, 4) is 11.4 Å². The third-order valence-corrected chi connectivity index (χ3v) is 6.10. The Hall–Kier alpha value is -2.29. The number of rotatable bonds is 10. The van der Waals surface area contributed by atoms with Crippen molar-refractivity contribution in [3.05, 3.63) is 94.0 Å². The molecule has 0 fully saturated rings. The normalized spacial score (nSPS) is 10.6. The zero-order chi connectivity index (χ0) is 22.2. The van der Waals surface area contributed by atoms with Gasteiger partial charge < -0.3 is 10.1 Å². The first-order valence-electron chi connectivity index (χ1n) is 10.0. The van der Waals surface area contributed by atoms with Gasteiger partial charge in [0.1, 0.15) is 12.4 Å². The van der Waals surface area contributed by atoms with Gasteiger partial charge in [-0.1, -0.05) is 71.4 Å². The molecule has 0 spiro atoms. The van der Waals surface area contributed by atoms with Gasteiger partial charge in [-0.15, -0.1) is 17.5 Å². The summed E-state index contributed by atoms with van der Waals surface area (Å²) in [6.07, 6.45) is 0. The fraction of sp³-hybridized carbons (Fsp3) is 0.174. The molecule has 10 heteroatoms. The Kier molecular flexibility index (Phi) is 9.84. The van der Waals surface area contributed by atoms with Gasteiger partial charge >= 0.3 is 0 Å². The number of thioether (sulfide) groups is 1. The largest absolute Gasteiger partial charge is 0.489 e. The third kappa shape index (κ3) is 7.35. The van der Waals surface area contributed by atoms with Gasteiger partial charge in [0.25, 0.3) is 0 Å². The molecule has 0 aliphatic rings. The summed E-state index contributed by atoms with van der Waals surface area (Å²) < 4.78 is 7.65. The summed E-state index contributed by atoms with van der Waals surface area (Å²) in [5, 5.41) is 17.4. The van der Waals surface area contributed by atoms with E-state index in [1.165, 1.54) is 0 Å². The molecular weight excluding hydrogens is 501 g/mol. The Morgan fingerprint density at radius 1 is 0.970 bits per heavy atom. The highest BCUT2D eigenvalue weighted by Crippen LogP contribution is 2.23. The number of tetrazole rings is 1. The van der Waals surface area contributed by atoms with Crippen molar-refractivity contribution in [1.29, 1.82) is 0 Å². The molecule has 1 heterocycles. The Labute approximate surface area is 213 Å². The Morgan fingerprint density at radius 2 is 1.82 bits per heavy atom. The molecule has 1 aromatic heterocycles. The number of ether oxygens (including phenoxy) is 1. The van der Waals surface area contributed by atoms with Gasteiger partial charge in [0.2, 0.25) is 5.16 Å². The quantitative estimate of drug-likeness (QED) is 0.208. The van der Waals surface area contributed by atoms with Crippen molar-refractivity contribution in [2.24, 2.45) is 0 Å². The molecule has 3 aromatic carbocycles. The Bertz CT molecular complexity index is 1160. The molecule has 0 saturated carbocycles. The fourth-order valence-electron chi connectivity index (χ4n) is 2.99. The first-order valence-corrected chi connectivity index (χ1v) is 11.8. The summed E-state index contributed by atoms with van der Waals surface area (Å²) >= 11 is 13.8. The highest BCUT2D eigenvalue weighted by Gasteiger charge is 2.08. The molecule has 0 bridgehead atoms. The zero-order valence-corrected chi connectivity index (χ0v) is 20.7. The molecule has 0 amide bonds. The van der Waals surface area contributed by atoms with Gasteiger partial charge in [0.15, 0.2) is 0 Å². The van der Waals surface area contributed by atoms with E-state index in [4.69, 9.17) is 27.9 Å². The van der Waals surface area contributed by atoms with Crippen LogP contribution in [0.15, 0.2) is 78.0 Å². The summed E-state index contributed by atoms with van der Waals surface area (Å²) in [4.78, 5) is 0. The zero-order valence-electron chi connectivity index (χ0n) is 17.5. The molecule has 0 radical (unpaired) electrons. The van der Waals surface area contributed by atoms with Gasteiger partial charge in [0, 0.05) is 34.5 Å². The van der Waals surface area contributed by atoms with Crippen LogP contribution in [0.4, 0.5) is 0 Å². The lowest BCUT2D eigenvalue weighted by Crippen LogP contribution is -2.16. The second-order valence-corrected chi connectivity index (χ2v) is 8.81. The summed E-state index contributed by atoms with van der Waals surface area (Å²) in [7, 11) is 0. The number of nitrogens with zero attached hydrogens (tertiary/aromatic N) is 4. The van der Waals surface area contributed by atoms with Crippen LogP contribution in [-0.2, 0) is 13.2 Å². The second kappa shape index (κ2) is 12.8. The van der Waals surface area contributed by atoms with Crippen LogP contribution in [-0.4, -0.2) is 32.5 Å². The molecule has 0 aliphatic carbocycles. The lowest BCUT2D eigenvalue weighted by Gasteiger charge is -2.10. The highest BCUT2D eigenvalue weighted by molar-refractivity contribution is 7.99. The van der Waals surface area contributed by atoms with E-state index in [0.717, 1.165) is 46.6 Å². The standard InChI is InChI=1S/C23H21Cl2N5OS.ClH/c24-19-10-9-18(22(25)14-19)16-31-21-8-4-5-17(13-21)15-26-11-12-32-23-27-28-29-30(23)20-6-2-1-3-7-20;/h1-10,13-14,26H,11-12,15-16H2;1H. The van der Waals surface area contributed by atoms with Crippen LogP contribution in [0.2, 0.25) is 10.0 Å². The van der Waals surface area contributed by atoms with E-state index in [2.05, 4.69) is 26.9 Å². The minimum Gasteiger partial charge on any atom is -0.489 e. The summed E-state index contributed by atoms with van der Waals surface area (Å²) in [5.41, 5.74) is 2.99. The molecular formula is C23H22Cl3N5OS. The van der Waals surface area contributed by atoms with E-state index in [-0.39, 0.29) is 12.4 Å². The molecule has 0 saturated heterocycles. The number of aromatic nitrogens is 4. The predicted molar refractivity (Wildman–Crippen MR) is 136 cm³/mol. The van der Waals surface area contributed by atoms with Gasteiger partial charge in [-0.25, -0.2) is 0 Å². The summed E-state index contributed by atoms with van der Waals surface area (Å²) in [5.74, 6) is 1.64. The molecule has 0 atom stereocenters. The predicted octanol–water partition coefficient (Wildman–Crippen LogP) is 5.85. The second-order valence-electron chi connectivity index (χ2n) is 6.91. The van der Waals surface area contributed by atoms with Crippen molar-refractivity contribution in [3.63, 3.8) is 0 Å². The van der Waals surface area contributed by atoms with Crippen molar-refractivity contribution >= 4 is 47.4 Å². The molecule has 33 heavy (non-hydrogen) atoms. The highest BCUT2D eigenvalue weighted by atomic mass is 35.5. The summed E-state index contributed by atoms with van der Waals surface area (Å²) in [6.45, 7) is 1.94. The number of halogens is 3. The number of benzene rings is 3. The van der Waals surface area contributed by atoms with E-state index in [1.807, 2.05) is 60.7 Å². The van der Waals surface area contributed by atoms with Crippen LogP contribution < -0.4 is 10.1 Å². The van der Waals surface area contributed by atoms with Crippen LogP contribution in [0.3, 0.4) is 0 Å². The minimum absolute atomic E-state index is 0. The fourth-order valence-corrected chi connectivity index (χ4v) is 4.24. The topological polar surface area (TPSA) is 64.9 Å². The van der Waals surface area contributed by atoms with Crippen LogP contribution in [0.5, 0.6) is 5.75 Å². The number of nitrogens with one attached hydrogen (secondary N) is 1. The van der Waals surface area contributed by atoms with Crippen molar-refractivity contribution in [2.45, 2.75) is 18.3 Å². The molecule has 4 rings (SSSR count). The molecule has 6 nitrogen and oxygen atoms in total. The number of para-hydroxylation sites is 1. The van der Waals surface area contributed by atoms with E-state index < -0.39 is 0 Å². The van der Waals surface area contributed by atoms with Crippen LogP contribution >= 0.6 is 47.4 Å². The molecule has 4 aromatic rings. The van der Waals surface area contributed by atoms with Gasteiger partial charge in [0.05, 0.1) is 5.69 Å². The van der Waals surface area contributed by atoms with Gasteiger partial charge in [-0.05, 0) is 52.4 Å². The van der Waals surface area contributed by atoms with E-state index in [0.29, 0.717) is 16.7 Å². The number of hydrogen-bond donors (Lipinski definition) is 1. The maximum absolute atomic E-state index is 6.22. The van der Waals surface area contributed by atoms with E-state index >= 15 is 0 Å². The third-order valence-electron chi connectivity index (χ3n) is 4.59. The van der Waals surface area contributed by atoms with E-state index in [9.17, 15) is 0 Å². The van der Waals surface area contributed by atoms with Gasteiger partial charge in [-0.3, -0.25) is 0 Å². The first kappa shape index (κ1) is 25.3.